The first-order valence-corrected chi connectivity index (χ1v) is 6.80. The third-order valence-corrected chi connectivity index (χ3v) is 2.98. The van der Waals surface area contributed by atoms with E-state index >= 15 is 0 Å². The molecule has 0 aliphatic heterocycles. The Labute approximate surface area is 125 Å². The molecular weight excluding hydrogens is 268 g/mol. The molecule has 0 spiro atoms. The van der Waals surface area contributed by atoms with Gasteiger partial charge >= 0.3 is 11.9 Å². The van der Waals surface area contributed by atoms with Gasteiger partial charge in [-0.15, -0.1) is 0 Å². The van der Waals surface area contributed by atoms with Gasteiger partial charge in [0.2, 0.25) is 5.76 Å². The van der Waals surface area contributed by atoms with Crippen LogP contribution < -0.4 is 0 Å². The molecule has 0 amide bonds. The smallest absolute Gasteiger partial charge is 0.373 e. The summed E-state index contributed by atoms with van der Waals surface area (Å²) >= 11 is 0. The lowest BCUT2D eigenvalue weighted by Crippen LogP contribution is -2.12. The summed E-state index contributed by atoms with van der Waals surface area (Å²) < 4.78 is 9.43. The Kier molecular flexibility index (Phi) is 5.70. The first-order valence-electron chi connectivity index (χ1n) is 6.80. The van der Waals surface area contributed by atoms with Crippen LogP contribution >= 0.6 is 0 Å². The highest BCUT2D eigenvalue weighted by atomic mass is 16.6. The Morgan fingerprint density at radius 2 is 1.71 bits per heavy atom. The van der Waals surface area contributed by atoms with Gasteiger partial charge in [-0.3, -0.25) is 4.79 Å². The predicted molar refractivity (Wildman–Crippen MR) is 80.7 cm³/mol. The van der Waals surface area contributed by atoms with E-state index < -0.39 is 11.9 Å². The van der Waals surface area contributed by atoms with Gasteiger partial charge in [0.25, 0.3) is 0 Å². The molecule has 0 N–H and O–H groups in total. The second-order valence-electron chi connectivity index (χ2n) is 5.80. The van der Waals surface area contributed by atoms with E-state index in [1.807, 2.05) is 12.1 Å². The number of ether oxygens (including phenoxy) is 2. The van der Waals surface area contributed by atoms with E-state index in [1.165, 1.54) is 19.6 Å². The lowest BCUT2D eigenvalue weighted by atomic mass is 9.86. The number of benzene rings is 1. The van der Waals surface area contributed by atoms with Gasteiger partial charge < -0.3 is 9.47 Å². The van der Waals surface area contributed by atoms with Crippen LogP contribution in [0.5, 0.6) is 0 Å². The molecule has 0 atom stereocenters. The van der Waals surface area contributed by atoms with Crippen molar-refractivity contribution in [1.82, 2.24) is 0 Å². The molecule has 0 unspecified atom stereocenters. The fraction of sp³-hybridized carbons (Fsp3) is 0.412. The predicted octanol–water partition coefficient (Wildman–Crippen LogP) is 3.15. The van der Waals surface area contributed by atoms with Crippen LogP contribution in [0.4, 0.5) is 0 Å². The van der Waals surface area contributed by atoms with E-state index in [1.54, 1.807) is 6.08 Å². The summed E-state index contributed by atoms with van der Waals surface area (Å²) in [7, 11) is 1.25. The molecule has 1 rings (SSSR count). The van der Waals surface area contributed by atoms with Crippen molar-refractivity contribution < 1.29 is 19.1 Å². The lowest BCUT2D eigenvalue weighted by Gasteiger charge is -2.19. The lowest BCUT2D eigenvalue weighted by molar-refractivity contribution is -0.148. The highest BCUT2D eigenvalue weighted by molar-refractivity contribution is 5.89. The van der Waals surface area contributed by atoms with E-state index in [0.717, 1.165) is 5.56 Å². The average Bonchev–Trinajstić information content (AvgIpc) is 2.41. The molecule has 0 radical (unpaired) electrons. The van der Waals surface area contributed by atoms with Crippen molar-refractivity contribution in [2.45, 2.75) is 39.5 Å². The zero-order valence-electron chi connectivity index (χ0n) is 13.2. The minimum Gasteiger partial charge on any atom is -0.463 e. The van der Waals surface area contributed by atoms with Crippen molar-refractivity contribution in [3.8, 4) is 0 Å². The molecule has 0 heterocycles. The third kappa shape index (κ3) is 5.42. The van der Waals surface area contributed by atoms with E-state index in [9.17, 15) is 9.59 Å². The molecule has 4 heteroatoms. The van der Waals surface area contributed by atoms with Crippen LogP contribution in [0.3, 0.4) is 0 Å². The van der Waals surface area contributed by atoms with Gasteiger partial charge in [0.15, 0.2) is 0 Å². The summed E-state index contributed by atoms with van der Waals surface area (Å²) in [5, 5.41) is 0. The van der Waals surface area contributed by atoms with Crippen molar-refractivity contribution >= 4 is 11.9 Å². The van der Waals surface area contributed by atoms with Crippen LogP contribution in [0.15, 0.2) is 36.1 Å². The third-order valence-electron chi connectivity index (χ3n) is 2.98. The summed E-state index contributed by atoms with van der Waals surface area (Å²) in [6, 6.07) is 8.12. The number of esters is 2. The van der Waals surface area contributed by atoms with Crippen LogP contribution in [0.2, 0.25) is 0 Å². The van der Waals surface area contributed by atoms with Crippen molar-refractivity contribution in [3.05, 3.63) is 47.2 Å². The first-order chi connectivity index (χ1) is 9.74. The second kappa shape index (κ2) is 7.07. The number of methoxy groups -OCH3 is 1. The zero-order valence-corrected chi connectivity index (χ0v) is 13.2. The fourth-order valence-corrected chi connectivity index (χ4v) is 1.77. The van der Waals surface area contributed by atoms with Crippen LogP contribution in [0.25, 0.3) is 0 Å². The summed E-state index contributed by atoms with van der Waals surface area (Å²) in [6.07, 6.45) is 2.04. The topological polar surface area (TPSA) is 52.6 Å². The van der Waals surface area contributed by atoms with E-state index in [-0.39, 0.29) is 11.2 Å². The van der Waals surface area contributed by atoms with Crippen LogP contribution in [0, 0.1) is 0 Å². The summed E-state index contributed by atoms with van der Waals surface area (Å²) in [4.78, 5) is 22.5. The Balaban J connectivity index is 2.85. The molecule has 0 aliphatic rings. The molecule has 0 aliphatic carbocycles. The minimum atomic E-state index is -0.656. The molecule has 1 aromatic carbocycles. The normalized spacial score (nSPS) is 12.0. The van der Waals surface area contributed by atoms with Gasteiger partial charge in [0.05, 0.1) is 7.11 Å². The number of hydrogen-bond acceptors (Lipinski definition) is 4. The molecule has 1 aromatic rings. The van der Waals surface area contributed by atoms with Gasteiger partial charge in [-0.1, -0.05) is 45.0 Å². The zero-order chi connectivity index (χ0) is 16.0. The van der Waals surface area contributed by atoms with E-state index in [0.29, 0.717) is 6.42 Å². The molecule has 0 aromatic heterocycles. The largest absolute Gasteiger partial charge is 0.463 e. The summed E-state index contributed by atoms with van der Waals surface area (Å²) in [6.45, 7) is 7.70. The highest BCUT2D eigenvalue weighted by Gasteiger charge is 2.14. The Morgan fingerprint density at radius 1 is 1.14 bits per heavy atom. The Morgan fingerprint density at radius 3 is 2.14 bits per heavy atom. The summed E-state index contributed by atoms with van der Waals surface area (Å²) in [5.41, 5.74) is 2.36. The molecule has 0 bridgehead atoms. The maximum Gasteiger partial charge on any atom is 0.373 e. The van der Waals surface area contributed by atoms with Gasteiger partial charge in [-0.05, 0) is 29.0 Å². The molecule has 4 nitrogen and oxygen atoms in total. The van der Waals surface area contributed by atoms with Gasteiger partial charge in [0, 0.05) is 6.92 Å². The SMILES string of the molecule is COC(=O)C(=CCc1ccc(C(C)(C)C)cc1)OC(C)=O. The standard InChI is InChI=1S/C17H22O4/c1-12(18)21-15(16(19)20-5)11-8-13-6-9-14(10-7-13)17(2,3)4/h6-7,9-11H,8H2,1-5H3. The van der Waals surface area contributed by atoms with Crippen LogP contribution in [-0.2, 0) is 30.9 Å². The molecular formula is C17H22O4. The van der Waals surface area contributed by atoms with E-state index in [2.05, 4.69) is 37.6 Å². The maximum atomic E-state index is 11.5. The van der Waals surface area contributed by atoms with Gasteiger partial charge in [0.1, 0.15) is 0 Å². The second-order valence-corrected chi connectivity index (χ2v) is 5.80. The van der Waals surface area contributed by atoms with Crippen LogP contribution in [-0.4, -0.2) is 19.0 Å². The molecule has 21 heavy (non-hydrogen) atoms. The van der Waals surface area contributed by atoms with E-state index in [4.69, 9.17) is 4.74 Å². The van der Waals surface area contributed by atoms with Crippen molar-refractivity contribution in [1.29, 1.82) is 0 Å². The van der Waals surface area contributed by atoms with Gasteiger partial charge in [-0.25, -0.2) is 4.79 Å². The molecule has 0 saturated heterocycles. The quantitative estimate of drug-likeness (QED) is 0.485. The van der Waals surface area contributed by atoms with Crippen molar-refractivity contribution in [2.75, 3.05) is 7.11 Å². The average molecular weight is 290 g/mol. The van der Waals surface area contributed by atoms with Crippen molar-refractivity contribution in [3.63, 3.8) is 0 Å². The monoisotopic (exact) mass is 290 g/mol. The molecule has 0 fully saturated rings. The molecule has 114 valence electrons. The number of allylic oxidation sites excluding steroid dienone is 1. The van der Waals surface area contributed by atoms with Crippen molar-refractivity contribution in [2.24, 2.45) is 0 Å². The number of carbonyl (C=O) groups excluding carboxylic acids is 2. The number of carbonyl (C=O) groups is 2. The number of rotatable bonds is 4. The van der Waals surface area contributed by atoms with Crippen LogP contribution in [0.1, 0.15) is 38.8 Å². The molecule has 0 saturated carbocycles. The number of hydrogen-bond donors (Lipinski definition) is 0. The minimum absolute atomic E-state index is 0.0788. The first kappa shape index (κ1) is 17.0. The summed E-state index contributed by atoms with van der Waals surface area (Å²) in [5.74, 6) is -1.28. The Bertz CT molecular complexity index is 533. The Hall–Kier alpha value is -2.10. The highest BCUT2D eigenvalue weighted by Crippen LogP contribution is 2.22. The fourth-order valence-electron chi connectivity index (χ4n) is 1.77. The van der Waals surface area contributed by atoms with Gasteiger partial charge in [-0.2, -0.15) is 0 Å². The maximum absolute atomic E-state index is 11.5.